The number of ether oxygens (including phenoxy) is 2. The molecule has 1 saturated heterocycles. The first-order valence-electron chi connectivity index (χ1n) is 9.66. The molecular weight excluding hydrogens is 373 g/mol. The van der Waals surface area contributed by atoms with Crippen LogP contribution in [0, 0.1) is 5.82 Å². The van der Waals surface area contributed by atoms with Crippen LogP contribution < -0.4 is 4.90 Å². The van der Waals surface area contributed by atoms with Crippen molar-refractivity contribution >= 4 is 22.8 Å². The van der Waals surface area contributed by atoms with Crippen molar-refractivity contribution in [1.29, 1.82) is 0 Å². The number of nitrogens with zero attached hydrogens (tertiary/aromatic N) is 3. The van der Waals surface area contributed by atoms with Gasteiger partial charge >= 0.3 is 5.97 Å². The highest BCUT2D eigenvalue weighted by atomic mass is 19.1. The van der Waals surface area contributed by atoms with Gasteiger partial charge in [0, 0.05) is 12.1 Å². The largest absolute Gasteiger partial charge is 0.462 e. The third-order valence-electron chi connectivity index (χ3n) is 4.91. The molecule has 1 fully saturated rings. The zero-order valence-electron chi connectivity index (χ0n) is 16.4. The van der Waals surface area contributed by atoms with Crippen LogP contribution >= 0.6 is 0 Å². The molecule has 6 nitrogen and oxygen atoms in total. The van der Waals surface area contributed by atoms with Crippen molar-refractivity contribution in [3.8, 4) is 11.3 Å². The minimum atomic E-state index is -0.389. The average Bonchev–Trinajstić information content (AvgIpc) is 2.73. The van der Waals surface area contributed by atoms with Crippen molar-refractivity contribution in [2.75, 3.05) is 31.3 Å². The molecule has 0 radical (unpaired) electrons. The third kappa shape index (κ3) is 3.91. The summed E-state index contributed by atoms with van der Waals surface area (Å²) >= 11 is 0. The van der Waals surface area contributed by atoms with Gasteiger partial charge in [-0.25, -0.2) is 19.2 Å². The number of aromatic nitrogens is 2. The molecule has 0 saturated carbocycles. The first-order valence-corrected chi connectivity index (χ1v) is 9.66. The number of hydrogen-bond acceptors (Lipinski definition) is 6. The van der Waals surface area contributed by atoms with E-state index >= 15 is 0 Å². The number of fused-ring (bicyclic) bond motifs is 1. The SMILES string of the molecule is CCOC(=O)c1ccc2nc(-c3ccc(F)cc3)c(N3CCOC[C@@H]3C)nc2c1. The number of hydrogen-bond donors (Lipinski definition) is 0. The number of esters is 1. The van der Waals surface area contributed by atoms with Crippen molar-refractivity contribution in [2.24, 2.45) is 0 Å². The molecule has 1 atom stereocenters. The number of halogens is 1. The monoisotopic (exact) mass is 395 g/mol. The van der Waals surface area contributed by atoms with Gasteiger partial charge in [0.05, 0.1) is 42.5 Å². The van der Waals surface area contributed by atoms with E-state index in [1.807, 2.05) is 0 Å². The van der Waals surface area contributed by atoms with E-state index in [1.165, 1.54) is 12.1 Å². The van der Waals surface area contributed by atoms with E-state index in [0.717, 1.165) is 5.56 Å². The molecule has 0 bridgehead atoms. The van der Waals surface area contributed by atoms with Crippen LogP contribution in [-0.2, 0) is 9.47 Å². The van der Waals surface area contributed by atoms with Gasteiger partial charge in [-0.1, -0.05) is 0 Å². The Bertz CT molecular complexity index is 1040. The number of morpholine rings is 1. The summed E-state index contributed by atoms with van der Waals surface area (Å²) in [4.78, 5) is 23.9. The highest BCUT2D eigenvalue weighted by Gasteiger charge is 2.25. The van der Waals surface area contributed by atoms with Gasteiger partial charge in [-0.15, -0.1) is 0 Å². The zero-order chi connectivity index (χ0) is 20.4. The Morgan fingerprint density at radius 1 is 1.21 bits per heavy atom. The van der Waals surface area contributed by atoms with E-state index in [0.29, 0.717) is 54.5 Å². The van der Waals surface area contributed by atoms with Crippen molar-refractivity contribution in [2.45, 2.75) is 19.9 Å². The van der Waals surface area contributed by atoms with Crippen LogP contribution in [0.25, 0.3) is 22.3 Å². The summed E-state index contributed by atoms with van der Waals surface area (Å²) in [6.45, 7) is 6.00. The molecule has 0 amide bonds. The molecule has 0 aliphatic carbocycles. The summed E-state index contributed by atoms with van der Waals surface area (Å²) < 4.78 is 24.1. The van der Waals surface area contributed by atoms with Crippen molar-refractivity contribution in [3.05, 3.63) is 53.8 Å². The van der Waals surface area contributed by atoms with Gasteiger partial charge in [0.2, 0.25) is 0 Å². The van der Waals surface area contributed by atoms with Crippen molar-refractivity contribution < 1.29 is 18.7 Å². The van der Waals surface area contributed by atoms with E-state index in [2.05, 4.69) is 11.8 Å². The molecule has 4 rings (SSSR count). The summed E-state index contributed by atoms with van der Waals surface area (Å²) in [5, 5.41) is 0. The van der Waals surface area contributed by atoms with Crippen LogP contribution in [0.5, 0.6) is 0 Å². The number of anilines is 1. The van der Waals surface area contributed by atoms with Crippen LogP contribution in [0.2, 0.25) is 0 Å². The molecule has 2 heterocycles. The Labute approximate surface area is 168 Å². The molecule has 1 aliphatic heterocycles. The third-order valence-corrected chi connectivity index (χ3v) is 4.91. The maximum Gasteiger partial charge on any atom is 0.338 e. The lowest BCUT2D eigenvalue weighted by atomic mass is 10.1. The number of benzene rings is 2. The van der Waals surface area contributed by atoms with Gasteiger partial charge in [-0.05, 0) is 56.3 Å². The zero-order valence-corrected chi connectivity index (χ0v) is 16.4. The van der Waals surface area contributed by atoms with E-state index in [-0.39, 0.29) is 17.8 Å². The predicted octanol–water partition coefficient (Wildman–Crippen LogP) is 3.84. The molecule has 0 spiro atoms. The minimum Gasteiger partial charge on any atom is -0.462 e. The summed E-state index contributed by atoms with van der Waals surface area (Å²) in [5.74, 6) is 0.00360. The highest BCUT2D eigenvalue weighted by molar-refractivity contribution is 5.94. The normalized spacial score (nSPS) is 16.8. The number of carbonyl (C=O) groups is 1. The Morgan fingerprint density at radius 3 is 2.72 bits per heavy atom. The number of rotatable bonds is 4. The minimum absolute atomic E-state index is 0.114. The van der Waals surface area contributed by atoms with Crippen molar-refractivity contribution in [3.63, 3.8) is 0 Å². The van der Waals surface area contributed by atoms with E-state index in [9.17, 15) is 9.18 Å². The molecular formula is C22H22FN3O3. The Balaban J connectivity index is 1.87. The maximum absolute atomic E-state index is 13.4. The lowest BCUT2D eigenvalue weighted by Gasteiger charge is -2.35. The smallest absolute Gasteiger partial charge is 0.338 e. The lowest BCUT2D eigenvalue weighted by molar-refractivity contribution is 0.0526. The van der Waals surface area contributed by atoms with Crippen LogP contribution in [-0.4, -0.2) is 48.3 Å². The van der Waals surface area contributed by atoms with Gasteiger partial charge in [-0.2, -0.15) is 0 Å². The Kier molecular flexibility index (Phi) is 5.40. The fourth-order valence-electron chi connectivity index (χ4n) is 3.43. The van der Waals surface area contributed by atoms with Gasteiger partial charge < -0.3 is 14.4 Å². The Hall–Kier alpha value is -3.06. The van der Waals surface area contributed by atoms with E-state index < -0.39 is 0 Å². The molecule has 0 unspecified atom stereocenters. The fraction of sp³-hybridized carbons (Fsp3) is 0.318. The molecule has 2 aromatic carbocycles. The van der Waals surface area contributed by atoms with Gasteiger partial charge in [0.1, 0.15) is 11.5 Å². The lowest BCUT2D eigenvalue weighted by Crippen LogP contribution is -2.44. The molecule has 3 aromatic rings. The second-order valence-electron chi connectivity index (χ2n) is 6.94. The van der Waals surface area contributed by atoms with Gasteiger partial charge in [0.25, 0.3) is 0 Å². The summed E-state index contributed by atoms with van der Waals surface area (Å²) in [5.41, 5.74) is 3.15. The number of carbonyl (C=O) groups excluding carboxylic acids is 1. The first-order chi connectivity index (χ1) is 14.1. The fourth-order valence-corrected chi connectivity index (χ4v) is 3.43. The maximum atomic E-state index is 13.4. The predicted molar refractivity (Wildman–Crippen MR) is 109 cm³/mol. The second-order valence-corrected chi connectivity index (χ2v) is 6.94. The molecule has 7 heteroatoms. The second kappa shape index (κ2) is 8.13. The van der Waals surface area contributed by atoms with E-state index in [1.54, 1.807) is 37.3 Å². The molecule has 1 aliphatic rings. The van der Waals surface area contributed by atoms with Crippen LogP contribution in [0.15, 0.2) is 42.5 Å². The molecule has 0 N–H and O–H groups in total. The molecule has 29 heavy (non-hydrogen) atoms. The first kappa shape index (κ1) is 19.3. The van der Waals surface area contributed by atoms with E-state index in [4.69, 9.17) is 19.4 Å². The average molecular weight is 395 g/mol. The van der Waals surface area contributed by atoms with Gasteiger partial charge in [0.15, 0.2) is 5.82 Å². The Morgan fingerprint density at radius 2 is 2.00 bits per heavy atom. The highest BCUT2D eigenvalue weighted by Crippen LogP contribution is 2.32. The van der Waals surface area contributed by atoms with Crippen LogP contribution in [0.3, 0.4) is 0 Å². The quantitative estimate of drug-likeness (QED) is 0.626. The summed E-state index contributed by atoms with van der Waals surface area (Å²) in [7, 11) is 0. The van der Waals surface area contributed by atoms with Crippen LogP contribution in [0.4, 0.5) is 10.2 Å². The summed E-state index contributed by atoms with van der Waals surface area (Å²) in [6.07, 6.45) is 0. The summed E-state index contributed by atoms with van der Waals surface area (Å²) in [6, 6.07) is 11.5. The van der Waals surface area contributed by atoms with Gasteiger partial charge in [-0.3, -0.25) is 0 Å². The molecule has 150 valence electrons. The van der Waals surface area contributed by atoms with Crippen molar-refractivity contribution in [1.82, 2.24) is 9.97 Å². The molecule has 1 aromatic heterocycles. The standard InChI is InChI=1S/C22H22FN3O3/c1-3-29-22(27)16-6-9-18-19(12-16)25-21(26-10-11-28-13-14(26)2)20(24-18)15-4-7-17(23)8-5-15/h4-9,12,14H,3,10-11,13H2,1-2H3/t14-/m0/s1. The van der Waals surface area contributed by atoms with Crippen LogP contribution in [0.1, 0.15) is 24.2 Å². The topological polar surface area (TPSA) is 64.5 Å².